The normalized spacial score (nSPS) is 14.5. The van der Waals surface area contributed by atoms with Crippen molar-refractivity contribution in [1.29, 1.82) is 0 Å². The van der Waals surface area contributed by atoms with Gasteiger partial charge in [0, 0.05) is 50.2 Å². The fraction of sp³-hybridized carbons (Fsp3) is 0.333. The standard InChI is InChI=1S/C18H21N7O/c1-13-11-17(22-18(20-13)21-15-12-14(2)26-23-15)25-9-7-24(8-10-25)16-5-3-4-6-19-16/h3-6,11-12H,7-10H2,1-2H3,(H,20,21,22,23). The van der Waals surface area contributed by atoms with Gasteiger partial charge in [0.2, 0.25) is 5.95 Å². The highest BCUT2D eigenvalue weighted by Gasteiger charge is 2.20. The van der Waals surface area contributed by atoms with Crippen LogP contribution in [0.25, 0.3) is 0 Å². The molecule has 0 spiro atoms. The molecule has 134 valence electrons. The summed E-state index contributed by atoms with van der Waals surface area (Å²) >= 11 is 0. The van der Waals surface area contributed by atoms with Crippen LogP contribution in [0.1, 0.15) is 11.5 Å². The second-order valence-electron chi connectivity index (χ2n) is 6.30. The highest BCUT2D eigenvalue weighted by Crippen LogP contribution is 2.21. The third-order valence-electron chi connectivity index (χ3n) is 4.29. The molecule has 0 amide bonds. The molecule has 1 aliphatic rings. The molecule has 0 bridgehead atoms. The number of anilines is 4. The van der Waals surface area contributed by atoms with Crippen molar-refractivity contribution in [2.75, 3.05) is 41.3 Å². The summed E-state index contributed by atoms with van der Waals surface area (Å²) in [5.41, 5.74) is 0.907. The van der Waals surface area contributed by atoms with Gasteiger partial charge in [-0.05, 0) is 26.0 Å². The molecule has 0 saturated carbocycles. The molecular formula is C18H21N7O. The predicted molar refractivity (Wildman–Crippen MR) is 100.0 cm³/mol. The Morgan fingerprint density at radius 1 is 0.962 bits per heavy atom. The second kappa shape index (κ2) is 6.99. The molecule has 26 heavy (non-hydrogen) atoms. The third kappa shape index (κ3) is 3.58. The summed E-state index contributed by atoms with van der Waals surface area (Å²) in [6.07, 6.45) is 1.83. The van der Waals surface area contributed by atoms with Gasteiger partial charge in [0.05, 0.1) is 0 Å². The Labute approximate surface area is 151 Å². The monoisotopic (exact) mass is 351 g/mol. The minimum absolute atomic E-state index is 0.528. The van der Waals surface area contributed by atoms with Crippen molar-refractivity contribution in [2.45, 2.75) is 13.8 Å². The van der Waals surface area contributed by atoms with Crippen molar-refractivity contribution in [2.24, 2.45) is 0 Å². The lowest BCUT2D eigenvalue weighted by Crippen LogP contribution is -2.47. The molecule has 3 aromatic heterocycles. The van der Waals surface area contributed by atoms with Gasteiger partial charge in [-0.15, -0.1) is 0 Å². The molecule has 8 heteroatoms. The van der Waals surface area contributed by atoms with Crippen LogP contribution in [0, 0.1) is 13.8 Å². The van der Waals surface area contributed by atoms with Crippen molar-refractivity contribution < 1.29 is 4.52 Å². The van der Waals surface area contributed by atoms with Crippen LogP contribution in [0.4, 0.5) is 23.4 Å². The summed E-state index contributed by atoms with van der Waals surface area (Å²) in [6.45, 7) is 7.40. The van der Waals surface area contributed by atoms with E-state index < -0.39 is 0 Å². The van der Waals surface area contributed by atoms with E-state index >= 15 is 0 Å². The average Bonchev–Trinajstić information content (AvgIpc) is 3.07. The summed E-state index contributed by atoms with van der Waals surface area (Å²) in [5.74, 6) is 3.82. The number of nitrogens with zero attached hydrogens (tertiary/aromatic N) is 6. The average molecular weight is 351 g/mol. The van der Waals surface area contributed by atoms with E-state index in [-0.39, 0.29) is 0 Å². The number of piperazine rings is 1. The van der Waals surface area contributed by atoms with Crippen LogP contribution < -0.4 is 15.1 Å². The van der Waals surface area contributed by atoms with E-state index in [1.807, 2.05) is 50.4 Å². The fourth-order valence-corrected chi connectivity index (χ4v) is 3.02. The largest absolute Gasteiger partial charge is 0.360 e. The lowest BCUT2D eigenvalue weighted by Gasteiger charge is -2.36. The van der Waals surface area contributed by atoms with E-state index in [9.17, 15) is 0 Å². The van der Waals surface area contributed by atoms with Gasteiger partial charge >= 0.3 is 0 Å². The Morgan fingerprint density at radius 3 is 2.38 bits per heavy atom. The number of hydrogen-bond donors (Lipinski definition) is 1. The van der Waals surface area contributed by atoms with E-state index in [1.165, 1.54) is 0 Å². The second-order valence-corrected chi connectivity index (χ2v) is 6.30. The number of aryl methyl sites for hydroxylation is 2. The zero-order valence-corrected chi connectivity index (χ0v) is 14.9. The number of aromatic nitrogens is 4. The Hall–Kier alpha value is -3.16. The molecule has 1 fully saturated rings. The van der Waals surface area contributed by atoms with Crippen LogP contribution in [0.5, 0.6) is 0 Å². The first-order chi connectivity index (χ1) is 12.7. The zero-order chi connectivity index (χ0) is 17.9. The van der Waals surface area contributed by atoms with Gasteiger partial charge in [0.1, 0.15) is 17.4 Å². The van der Waals surface area contributed by atoms with Crippen molar-refractivity contribution >= 4 is 23.4 Å². The summed E-state index contributed by atoms with van der Waals surface area (Å²) in [6, 6.07) is 9.83. The van der Waals surface area contributed by atoms with Crippen LogP contribution in [0.2, 0.25) is 0 Å². The van der Waals surface area contributed by atoms with Crippen molar-refractivity contribution in [1.82, 2.24) is 20.1 Å². The molecule has 4 heterocycles. The molecule has 0 radical (unpaired) electrons. The van der Waals surface area contributed by atoms with E-state index in [0.29, 0.717) is 11.8 Å². The number of pyridine rings is 1. The summed E-state index contributed by atoms with van der Waals surface area (Å²) in [7, 11) is 0. The van der Waals surface area contributed by atoms with Crippen LogP contribution in [0.3, 0.4) is 0 Å². The Bertz CT molecular complexity index is 872. The minimum Gasteiger partial charge on any atom is -0.360 e. The molecule has 0 aromatic carbocycles. The lowest BCUT2D eigenvalue weighted by atomic mass is 10.3. The molecule has 0 aliphatic carbocycles. The van der Waals surface area contributed by atoms with Crippen LogP contribution in [0.15, 0.2) is 41.1 Å². The first-order valence-electron chi connectivity index (χ1n) is 8.64. The highest BCUT2D eigenvalue weighted by molar-refractivity contribution is 5.53. The van der Waals surface area contributed by atoms with Crippen LogP contribution in [-0.4, -0.2) is 46.3 Å². The Balaban J connectivity index is 1.46. The smallest absolute Gasteiger partial charge is 0.230 e. The quantitative estimate of drug-likeness (QED) is 0.768. The maximum atomic E-state index is 5.08. The van der Waals surface area contributed by atoms with Gasteiger partial charge < -0.3 is 19.6 Å². The minimum atomic E-state index is 0.528. The topological polar surface area (TPSA) is 83.2 Å². The van der Waals surface area contributed by atoms with Crippen LogP contribution >= 0.6 is 0 Å². The van der Waals surface area contributed by atoms with Gasteiger partial charge in [0.15, 0.2) is 5.82 Å². The van der Waals surface area contributed by atoms with Crippen molar-refractivity contribution in [3.8, 4) is 0 Å². The molecule has 0 unspecified atom stereocenters. The van der Waals surface area contributed by atoms with Crippen LogP contribution in [-0.2, 0) is 0 Å². The maximum Gasteiger partial charge on any atom is 0.230 e. The number of rotatable bonds is 4. The van der Waals surface area contributed by atoms with Gasteiger partial charge in [-0.2, -0.15) is 4.98 Å². The van der Waals surface area contributed by atoms with Gasteiger partial charge in [-0.3, -0.25) is 0 Å². The molecule has 0 atom stereocenters. The first-order valence-corrected chi connectivity index (χ1v) is 8.64. The molecule has 4 rings (SSSR count). The third-order valence-corrected chi connectivity index (χ3v) is 4.29. The molecule has 8 nitrogen and oxygen atoms in total. The van der Waals surface area contributed by atoms with Gasteiger partial charge in [-0.25, -0.2) is 9.97 Å². The molecule has 1 saturated heterocycles. The van der Waals surface area contributed by atoms with E-state index in [2.05, 4.69) is 35.2 Å². The summed E-state index contributed by atoms with van der Waals surface area (Å²) in [5, 5.41) is 7.04. The van der Waals surface area contributed by atoms with Gasteiger partial charge in [0.25, 0.3) is 0 Å². The van der Waals surface area contributed by atoms with E-state index in [1.54, 1.807) is 0 Å². The van der Waals surface area contributed by atoms with Crippen molar-refractivity contribution in [3.63, 3.8) is 0 Å². The molecule has 1 aliphatic heterocycles. The number of nitrogens with one attached hydrogen (secondary N) is 1. The molecule has 3 aromatic rings. The first kappa shape index (κ1) is 16.3. The van der Waals surface area contributed by atoms with E-state index in [4.69, 9.17) is 4.52 Å². The Morgan fingerprint density at radius 2 is 1.73 bits per heavy atom. The number of hydrogen-bond acceptors (Lipinski definition) is 8. The van der Waals surface area contributed by atoms with E-state index in [0.717, 1.165) is 49.3 Å². The summed E-state index contributed by atoms with van der Waals surface area (Å²) in [4.78, 5) is 18.1. The Kier molecular flexibility index (Phi) is 4.39. The fourth-order valence-electron chi connectivity index (χ4n) is 3.02. The van der Waals surface area contributed by atoms with Crippen molar-refractivity contribution in [3.05, 3.63) is 48.0 Å². The maximum absolute atomic E-state index is 5.08. The van der Waals surface area contributed by atoms with Gasteiger partial charge in [-0.1, -0.05) is 11.2 Å². The SMILES string of the molecule is Cc1cc(N2CCN(c3ccccn3)CC2)nc(Nc2cc(C)on2)n1. The zero-order valence-electron chi connectivity index (χ0n) is 14.9. The predicted octanol–water partition coefficient (Wildman–Crippen LogP) is 2.55. The lowest BCUT2D eigenvalue weighted by molar-refractivity contribution is 0.400. The highest BCUT2D eigenvalue weighted by atomic mass is 16.5. The molecule has 1 N–H and O–H groups in total. The summed E-state index contributed by atoms with van der Waals surface area (Å²) < 4.78 is 5.08. The molecular weight excluding hydrogens is 330 g/mol.